The zero-order valence-corrected chi connectivity index (χ0v) is 30.4. The number of hydrogen-bond acceptors (Lipinski definition) is 8. The van der Waals surface area contributed by atoms with E-state index in [9.17, 15) is 19.2 Å². The van der Waals surface area contributed by atoms with Crippen LogP contribution in [0.4, 0.5) is 0 Å². The lowest BCUT2D eigenvalue weighted by Gasteiger charge is -2.27. The van der Waals surface area contributed by atoms with Crippen molar-refractivity contribution in [1.82, 2.24) is 35.6 Å². The van der Waals surface area contributed by atoms with Crippen LogP contribution in [0.15, 0.2) is 42.5 Å². The van der Waals surface area contributed by atoms with Gasteiger partial charge in [0.15, 0.2) is 17.3 Å². The minimum atomic E-state index is -0.774. The van der Waals surface area contributed by atoms with Gasteiger partial charge in [-0.15, -0.1) is 0 Å². The molecule has 3 atom stereocenters. The number of nitrogens with one attached hydrogen (secondary N) is 3. The molecule has 0 radical (unpaired) electrons. The molecule has 0 spiro atoms. The van der Waals surface area contributed by atoms with E-state index in [1.807, 2.05) is 49.1 Å². The van der Waals surface area contributed by atoms with Crippen LogP contribution < -0.4 is 25.4 Å². The molecule has 3 N–H and O–H groups in total. The van der Waals surface area contributed by atoms with Crippen molar-refractivity contribution in [3.05, 3.63) is 70.8 Å². The fourth-order valence-electron chi connectivity index (χ4n) is 6.85. The maximum atomic E-state index is 13.8. The third-order valence-electron chi connectivity index (χ3n) is 9.88. The number of aromatic nitrogens is 3. The molecule has 13 nitrogen and oxygen atoms in total. The van der Waals surface area contributed by atoms with Gasteiger partial charge in [0.25, 0.3) is 0 Å². The number of methoxy groups -OCH3 is 2. The number of amides is 4. The third-order valence-corrected chi connectivity index (χ3v) is 9.88. The fraction of sp³-hybridized carbons (Fsp3) is 0.526. The number of benzene rings is 2. The minimum Gasteiger partial charge on any atom is -0.493 e. The standard InChI is InChI=1S/C38H51N7O6/c1-6-24(2)35-37(48)40-25(3)36-41-32(20-26-14-15-30(50-4)31(19-26)51-5)43-45(36)23-34(47)39-16-10-18-44(17-9-13-33(46)42-35)38(49)29-21-27-11-7-8-12-28(27)22-29/h7-8,11-12,14-15,19,24-25,29,35H,6,9-10,13,16-18,20-23H2,1-5H3,(H,39,47)(H,40,48)(H,42,46)/t24-,25+,35-/m0/s1. The Morgan fingerprint density at radius 1 is 0.961 bits per heavy atom. The van der Waals surface area contributed by atoms with Crippen LogP contribution in [-0.2, 0) is 45.0 Å². The lowest BCUT2D eigenvalue weighted by Crippen LogP contribution is -2.51. The van der Waals surface area contributed by atoms with Crippen molar-refractivity contribution in [3.8, 4) is 11.5 Å². The van der Waals surface area contributed by atoms with E-state index in [0.29, 0.717) is 81.3 Å². The van der Waals surface area contributed by atoms with Crippen molar-refractivity contribution in [1.29, 1.82) is 0 Å². The molecule has 3 aromatic rings. The van der Waals surface area contributed by atoms with Crippen LogP contribution in [-0.4, -0.2) is 83.2 Å². The van der Waals surface area contributed by atoms with Crippen molar-refractivity contribution >= 4 is 23.6 Å². The Morgan fingerprint density at radius 3 is 2.35 bits per heavy atom. The van der Waals surface area contributed by atoms with E-state index in [0.717, 1.165) is 5.56 Å². The SMILES string of the molecule is CC[C@H](C)[C@@H]1NC(=O)CCCN(C(=O)C2Cc3ccccc3C2)CCCNC(=O)Cn2nc(Cc3ccc(OC)c(OC)c3)nc2[C@@H](C)NC1=O. The van der Waals surface area contributed by atoms with Crippen LogP contribution >= 0.6 is 0 Å². The Morgan fingerprint density at radius 2 is 1.67 bits per heavy atom. The van der Waals surface area contributed by atoms with Crippen molar-refractivity contribution in [2.24, 2.45) is 11.8 Å². The number of carbonyl (C=O) groups is 4. The highest BCUT2D eigenvalue weighted by molar-refractivity contribution is 5.88. The van der Waals surface area contributed by atoms with Gasteiger partial charge in [-0.2, -0.15) is 5.10 Å². The minimum absolute atomic E-state index is 0.0625. The molecule has 0 saturated carbocycles. The largest absolute Gasteiger partial charge is 0.493 e. The zero-order valence-electron chi connectivity index (χ0n) is 30.4. The molecular formula is C38H51N7O6. The molecule has 2 heterocycles. The second-order valence-electron chi connectivity index (χ2n) is 13.6. The second kappa shape index (κ2) is 17.3. The molecule has 0 fully saturated rings. The van der Waals surface area contributed by atoms with E-state index in [2.05, 4.69) is 33.2 Å². The quantitative estimate of drug-likeness (QED) is 0.339. The van der Waals surface area contributed by atoms with Crippen molar-refractivity contribution in [2.75, 3.05) is 33.9 Å². The van der Waals surface area contributed by atoms with E-state index < -0.39 is 12.1 Å². The Labute approximate surface area is 299 Å². The highest BCUT2D eigenvalue weighted by Gasteiger charge is 2.32. The average Bonchev–Trinajstić information content (AvgIpc) is 3.74. The van der Waals surface area contributed by atoms with Gasteiger partial charge in [-0.1, -0.05) is 50.6 Å². The first-order valence-electron chi connectivity index (χ1n) is 18.0. The van der Waals surface area contributed by atoms with Crippen LogP contribution in [0.1, 0.15) is 80.8 Å². The van der Waals surface area contributed by atoms with Crippen LogP contribution in [0.3, 0.4) is 0 Å². The molecule has 1 aliphatic carbocycles. The normalized spacial score (nSPS) is 20.2. The van der Waals surface area contributed by atoms with Gasteiger partial charge in [0.1, 0.15) is 18.4 Å². The maximum Gasteiger partial charge on any atom is 0.243 e. The smallest absolute Gasteiger partial charge is 0.243 e. The van der Waals surface area contributed by atoms with E-state index in [1.54, 1.807) is 21.1 Å². The molecule has 5 rings (SSSR count). The number of ether oxygens (including phenoxy) is 2. The molecule has 1 aromatic heterocycles. The van der Waals surface area contributed by atoms with Gasteiger partial charge in [-0.25, -0.2) is 9.67 Å². The molecule has 0 unspecified atom stereocenters. The van der Waals surface area contributed by atoms with Crippen molar-refractivity contribution in [2.45, 2.75) is 84.3 Å². The van der Waals surface area contributed by atoms with E-state index in [1.165, 1.54) is 15.8 Å². The molecule has 0 bridgehead atoms. The first kappa shape index (κ1) is 37.3. The predicted octanol–water partition coefficient (Wildman–Crippen LogP) is 3.14. The molecule has 13 heteroatoms. The summed E-state index contributed by atoms with van der Waals surface area (Å²) < 4.78 is 12.3. The molecule has 0 saturated heterocycles. The molecule has 1 aliphatic heterocycles. The number of rotatable bonds is 7. The highest BCUT2D eigenvalue weighted by atomic mass is 16.5. The summed E-state index contributed by atoms with van der Waals surface area (Å²) in [6, 6.07) is 12.3. The van der Waals surface area contributed by atoms with Crippen LogP contribution in [0.2, 0.25) is 0 Å². The molecule has 2 aliphatic rings. The van der Waals surface area contributed by atoms with Crippen molar-refractivity contribution < 1.29 is 28.7 Å². The van der Waals surface area contributed by atoms with Gasteiger partial charge < -0.3 is 30.3 Å². The molecule has 274 valence electrons. The maximum absolute atomic E-state index is 13.8. The topological polar surface area (TPSA) is 157 Å². The lowest BCUT2D eigenvalue weighted by molar-refractivity contribution is -0.135. The third kappa shape index (κ3) is 9.44. The summed E-state index contributed by atoms with van der Waals surface area (Å²) >= 11 is 0. The summed E-state index contributed by atoms with van der Waals surface area (Å²) in [4.78, 5) is 60.6. The number of carbonyl (C=O) groups excluding carboxylic acids is 4. The summed E-state index contributed by atoms with van der Waals surface area (Å²) in [5.41, 5.74) is 3.28. The summed E-state index contributed by atoms with van der Waals surface area (Å²) in [7, 11) is 3.14. The molecular weight excluding hydrogens is 650 g/mol. The van der Waals surface area contributed by atoms with Gasteiger partial charge in [-0.3, -0.25) is 19.2 Å². The molecule has 51 heavy (non-hydrogen) atoms. The first-order chi connectivity index (χ1) is 24.6. The number of fused-ring (bicyclic) bond motifs is 2. The number of nitrogens with zero attached hydrogens (tertiary/aromatic N) is 4. The Balaban J connectivity index is 1.36. The second-order valence-corrected chi connectivity index (χ2v) is 13.6. The summed E-state index contributed by atoms with van der Waals surface area (Å²) in [5, 5.41) is 13.6. The summed E-state index contributed by atoms with van der Waals surface area (Å²) in [6.45, 7) is 6.80. The molecule has 4 amide bonds. The van der Waals surface area contributed by atoms with E-state index in [-0.39, 0.29) is 48.4 Å². The average molecular weight is 702 g/mol. The van der Waals surface area contributed by atoms with Gasteiger partial charge in [0.2, 0.25) is 23.6 Å². The lowest BCUT2D eigenvalue weighted by atomic mass is 9.97. The van der Waals surface area contributed by atoms with Crippen LogP contribution in [0.25, 0.3) is 0 Å². The fourth-order valence-corrected chi connectivity index (χ4v) is 6.85. The van der Waals surface area contributed by atoms with Gasteiger partial charge in [0, 0.05) is 38.4 Å². The summed E-state index contributed by atoms with van der Waals surface area (Å²) in [5.74, 6) is 0.988. The number of hydrogen-bond donors (Lipinski definition) is 3. The van der Waals surface area contributed by atoms with Crippen LogP contribution in [0.5, 0.6) is 11.5 Å². The van der Waals surface area contributed by atoms with Crippen LogP contribution in [0, 0.1) is 11.8 Å². The van der Waals surface area contributed by atoms with E-state index in [4.69, 9.17) is 14.5 Å². The Kier molecular flexibility index (Phi) is 12.7. The van der Waals surface area contributed by atoms with Gasteiger partial charge in [-0.05, 0) is 67.3 Å². The Hall–Kier alpha value is -4.94. The van der Waals surface area contributed by atoms with Crippen molar-refractivity contribution in [3.63, 3.8) is 0 Å². The van der Waals surface area contributed by atoms with Gasteiger partial charge in [0.05, 0.1) is 20.3 Å². The van der Waals surface area contributed by atoms with Gasteiger partial charge >= 0.3 is 0 Å². The van der Waals surface area contributed by atoms with E-state index >= 15 is 0 Å². The monoisotopic (exact) mass is 701 g/mol. The first-order valence-corrected chi connectivity index (χ1v) is 18.0. The highest BCUT2D eigenvalue weighted by Crippen LogP contribution is 2.29. The zero-order chi connectivity index (χ0) is 36.5. The predicted molar refractivity (Wildman–Crippen MR) is 191 cm³/mol. The molecule has 2 aromatic carbocycles. The Bertz CT molecular complexity index is 1680. The summed E-state index contributed by atoms with van der Waals surface area (Å²) in [6.07, 6.45) is 3.60.